The van der Waals surface area contributed by atoms with E-state index in [1.165, 1.54) is 0 Å². The van der Waals surface area contributed by atoms with Gasteiger partial charge in [0.15, 0.2) is 0 Å². The first-order valence-corrected chi connectivity index (χ1v) is 9.18. The van der Waals surface area contributed by atoms with E-state index in [-0.39, 0.29) is 6.09 Å². The monoisotopic (exact) mass is 352 g/mol. The Morgan fingerprint density at radius 3 is 2.38 bits per heavy atom. The van der Waals surface area contributed by atoms with Crippen LogP contribution in [0.2, 0.25) is 0 Å². The number of aromatic nitrogens is 1. The second-order valence-electron chi connectivity index (χ2n) is 7.63. The lowest BCUT2D eigenvalue weighted by Gasteiger charge is -2.26. The van der Waals surface area contributed by atoms with Crippen molar-refractivity contribution in [3.63, 3.8) is 0 Å². The zero-order valence-electron chi connectivity index (χ0n) is 14.8. The number of carbonyl (C=O) groups is 1. The Bertz CT molecular complexity index is 736. The van der Waals surface area contributed by atoms with Gasteiger partial charge in [-0.2, -0.15) is 0 Å². The molecule has 1 N–H and O–H groups in total. The summed E-state index contributed by atoms with van der Waals surface area (Å²) in [5.41, 5.74) is 1.44. The number of likely N-dealkylation sites (tertiary alicyclic amines) is 1. The van der Waals surface area contributed by atoms with Crippen molar-refractivity contribution < 1.29 is 14.6 Å². The van der Waals surface area contributed by atoms with Gasteiger partial charge in [-0.1, -0.05) is 30.3 Å². The van der Waals surface area contributed by atoms with Gasteiger partial charge in [0.25, 0.3) is 0 Å². The number of carbonyl (C=O) groups excluding carboxylic acids is 1. The number of hydrogen-bond acceptors (Lipinski definition) is 4. The highest BCUT2D eigenvalue weighted by molar-refractivity contribution is 5.68. The molecule has 2 heterocycles. The third kappa shape index (κ3) is 3.73. The number of nitrogens with zero attached hydrogens (tertiary/aromatic N) is 2. The van der Waals surface area contributed by atoms with Crippen molar-refractivity contribution in [3.8, 4) is 0 Å². The average molecular weight is 352 g/mol. The van der Waals surface area contributed by atoms with E-state index in [9.17, 15) is 9.90 Å². The molecule has 3 atom stereocenters. The van der Waals surface area contributed by atoms with E-state index in [1.807, 2.05) is 42.5 Å². The highest BCUT2D eigenvalue weighted by Gasteiger charge is 2.49. The topological polar surface area (TPSA) is 62.7 Å². The molecule has 0 radical (unpaired) electrons. The maximum absolute atomic E-state index is 12.3. The van der Waals surface area contributed by atoms with E-state index in [0.29, 0.717) is 38.0 Å². The summed E-state index contributed by atoms with van der Waals surface area (Å²) < 4.78 is 5.44. The summed E-state index contributed by atoms with van der Waals surface area (Å²) in [6.07, 6.45) is 5.41. The van der Waals surface area contributed by atoms with Gasteiger partial charge in [0.2, 0.25) is 0 Å². The Morgan fingerprint density at radius 1 is 1.08 bits per heavy atom. The van der Waals surface area contributed by atoms with Crippen LogP contribution in [0, 0.1) is 11.8 Å². The van der Waals surface area contributed by atoms with Gasteiger partial charge < -0.3 is 14.7 Å². The molecule has 5 nitrogen and oxygen atoms in total. The molecule has 1 saturated heterocycles. The Labute approximate surface area is 153 Å². The summed E-state index contributed by atoms with van der Waals surface area (Å²) in [7, 11) is 0. The van der Waals surface area contributed by atoms with Crippen molar-refractivity contribution in [3.05, 3.63) is 66.0 Å². The summed E-state index contributed by atoms with van der Waals surface area (Å²) in [6.45, 7) is 1.66. The smallest absolute Gasteiger partial charge is 0.410 e. The van der Waals surface area contributed by atoms with Crippen LogP contribution in [0.25, 0.3) is 0 Å². The predicted octanol–water partition coefficient (Wildman–Crippen LogP) is 3.03. The lowest BCUT2D eigenvalue weighted by atomic mass is 9.92. The maximum atomic E-state index is 12.3. The Hall–Kier alpha value is -2.40. The molecule has 2 aliphatic rings. The van der Waals surface area contributed by atoms with Crippen LogP contribution < -0.4 is 0 Å². The lowest BCUT2D eigenvalue weighted by Crippen LogP contribution is -2.34. The molecule has 136 valence electrons. The van der Waals surface area contributed by atoms with E-state index >= 15 is 0 Å². The van der Waals surface area contributed by atoms with Gasteiger partial charge in [0.05, 0.1) is 5.60 Å². The molecule has 1 aromatic heterocycles. The van der Waals surface area contributed by atoms with Gasteiger partial charge in [0.1, 0.15) is 6.61 Å². The highest BCUT2D eigenvalue weighted by atomic mass is 16.6. The van der Waals surface area contributed by atoms with Crippen molar-refractivity contribution in [2.45, 2.75) is 31.5 Å². The molecule has 1 amide bonds. The lowest BCUT2D eigenvalue weighted by molar-refractivity contribution is 0.0337. The van der Waals surface area contributed by atoms with E-state index < -0.39 is 5.60 Å². The van der Waals surface area contributed by atoms with Crippen LogP contribution in [0.15, 0.2) is 54.9 Å². The minimum absolute atomic E-state index is 0.249. The fourth-order valence-corrected chi connectivity index (χ4v) is 4.45. The third-order valence-electron chi connectivity index (χ3n) is 5.61. The number of pyridine rings is 1. The van der Waals surface area contributed by atoms with Crippen molar-refractivity contribution in [2.24, 2.45) is 11.8 Å². The number of benzene rings is 1. The number of amides is 1. The molecule has 5 heteroatoms. The molecule has 0 spiro atoms. The predicted molar refractivity (Wildman–Crippen MR) is 97.3 cm³/mol. The van der Waals surface area contributed by atoms with Crippen LogP contribution in [0.3, 0.4) is 0 Å². The first kappa shape index (κ1) is 17.0. The van der Waals surface area contributed by atoms with Crippen LogP contribution in [0.5, 0.6) is 0 Å². The van der Waals surface area contributed by atoms with E-state index in [1.54, 1.807) is 17.3 Å². The second kappa shape index (κ2) is 7.08. The molecule has 1 aromatic carbocycles. The van der Waals surface area contributed by atoms with Crippen LogP contribution in [-0.4, -0.2) is 39.8 Å². The summed E-state index contributed by atoms with van der Waals surface area (Å²) >= 11 is 0. The third-order valence-corrected chi connectivity index (χ3v) is 5.61. The van der Waals surface area contributed by atoms with Crippen LogP contribution in [0.4, 0.5) is 4.79 Å². The molecule has 0 unspecified atom stereocenters. The minimum Gasteiger partial charge on any atom is -0.445 e. The highest BCUT2D eigenvalue weighted by Crippen LogP contribution is 2.45. The molecule has 1 aliphatic carbocycles. The quantitative estimate of drug-likeness (QED) is 0.919. The average Bonchev–Trinajstić information content (AvgIpc) is 3.16. The maximum Gasteiger partial charge on any atom is 0.410 e. The molecule has 2 aromatic rings. The molecule has 0 bridgehead atoms. The SMILES string of the molecule is O=C(OCc1ccccc1)N1C[C@@H]2C[C@](O)(Cc3ccncc3)C[C@@H]2C1. The van der Waals surface area contributed by atoms with Crippen molar-refractivity contribution in [1.82, 2.24) is 9.88 Å². The Morgan fingerprint density at radius 2 is 1.73 bits per heavy atom. The molecule has 26 heavy (non-hydrogen) atoms. The first-order valence-electron chi connectivity index (χ1n) is 9.18. The normalized spacial score (nSPS) is 27.3. The first-order chi connectivity index (χ1) is 12.6. The van der Waals surface area contributed by atoms with Crippen molar-refractivity contribution in [1.29, 1.82) is 0 Å². The van der Waals surface area contributed by atoms with Gasteiger partial charge in [0, 0.05) is 31.9 Å². The zero-order chi connectivity index (χ0) is 18.0. The summed E-state index contributed by atoms with van der Waals surface area (Å²) in [4.78, 5) is 18.2. The van der Waals surface area contributed by atoms with E-state index in [2.05, 4.69) is 4.98 Å². The molecular weight excluding hydrogens is 328 g/mol. The number of ether oxygens (including phenoxy) is 1. The van der Waals surface area contributed by atoms with Gasteiger partial charge in [-0.15, -0.1) is 0 Å². The van der Waals surface area contributed by atoms with Crippen molar-refractivity contribution >= 4 is 6.09 Å². The number of hydrogen-bond donors (Lipinski definition) is 1. The number of fused-ring (bicyclic) bond motifs is 1. The Kier molecular flexibility index (Phi) is 4.64. The van der Waals surface area contributed by atoms with Gasteiger partial charge in [-0.3, -0.25) is 4.98 Å². The fraction of sp³-hybridized carbons (Fsp3) is 0.429. The van der Waals surface area contributed by atoms with Crippen LogP contribution in [-0.2, 0) is 17.8 Å². The summed E-state index contributed by atoms with van der Waals surface area (Å²) in [5.74, 6) is 0.706. The summed E-state index contributed by atoms with van der Waals surface area (Å²) in [5, 5.41) is 11.0. The van der Waals surface area contributed by atoms with Gasteiger partial charge >= 0.3 is 6.09 Å². The van der Waals surface area contributed by atoms with E-state index in [4.69, 9.17) is 4.74 Å². The fourth-order valence-electron chi connectivity index (χ4n) is 4.45. The number of aliphatic hydroxyl groups is 1. The van der Waals surface area contributed by atoms with Crippen molar-refractivity contribution in [2.75, 3.05) is 13.1 Å². The van der Waals surface area contributed by atoms with Gasteiger partial charge in [-0.05, 0) is 47.9 Å². The van der Waals surface area contributed by atoms with Crippen LogP contribution >= 0.6 is 0 Å². The molecule has 1 aliphatic heterocycles. The van der Waals surface area contributed by atoms with Crippen LogP contribution in [0.1, 0.15) is 24.0 Å². The summed E-state index contributed by atoms with van der Waals surface area (Å²) in [6, 6.07) is 13.6. The van der Waals surface area contributed by atoms with Gasteiger partial charge in [-0.25, -0.2) is 4.79 Å². The molecule has 2 fully saturated rings. The van der Waals surface area contributed by atoms with E-state index in [0.717, 1.165) is 24.0 Å². The molecule has 4 rings (SSSR count). The number of rotatable bonds is 4. The second-order valence-corrected chi connectivity index (χ2v) is 7.63. The Balaban J connectivity index is 1.30. The zero-order valence-corrected chi connectivity index (χ0v) is 14.8. The minimum atomic E-state index is -0.670. The molecule has 1 saturated carbocycles. The standard InChI is InChI=1S/C21H24N2O3/c24-20(26-15-17-4-2-1-3-5-17)23-13-18-11-21(25,12-19(18)14-23)10-16-6-8-22-9-7-16/h1-9,18-19,25H,10-15H2/t18-,19+,21+. The molecular formula is C21H24N2O3. The largest absolute Gasteiger partial charge is 0.445 e.